The minimum absolute atomic E-state index is 0.247. The van der Waals surface area contributed by atoms with Crippen LogP contribution in [0.25, 0.3) is 88.3 Å². The fourth-order valence-electron chi connectivity index (χ4n) is 10.2. The van der Waals surface area contributed by atoms with E-state index in [1.54, 1.807) is 0 Å². The SMILES string of the molecule is CC1(C)c2cc(-c3nc4ccccc4n3-c3ccccc3)ccc2-c2cc3c(-c4ccc5ccccc5c4)c4ccccc4c(C4=CC5C=CC=CC5C=C4)c3cc21. The van der Waals surface area contributed by atoms with E-state index in [4.69, 9.17) is 4.98 Å². The Hall–Kier alpha value is -7.03. The lowest BCUT2D eigenvalue weighted by Gasteiger charge is -2.26. The summed E-state index contributed by atoms with van der Waals surface area (Å²) in [6.07, 6.45) is 16.3. The van der Waals surface area contributed by atoms with Crippen LogP contribution in [0.5, 0.6) is 0 Å². The van der Waals surface area contributed by atoms with Crippen LogP contribution in [-0.4, -0.2) is 9.55 Å². The molecular formula is C56H40N2. The summed E-state index contributed by atoms with van der Waals surface area (Å²) in [5.74, 6) is 1.69. The van der Waals surface area contributed by atoms with Crippen LogP contribution in [0.3, 0.4) is 0 Å². The second-order valence-electron chi connectivity index (χ2n) is 16.7. The molecule has 3 aliphatic rings. The van der Waals surface area contributed by atoms with E-state index in [0.717, 1.165) is 28.1 Å². The predicted molar refractivity (Wildman–Crippen MR) is 244 cm³/mol. The lowest BCUT2D eigenvalue weighted by Crippen LogP contribution is -2.15. The van der Waals surface area contributed by atoms with Gasteiger partial charge in [-0.3, -0.25) is 4.57 Å². The molecule has 0 spiro atoms. The van der Waals surface area contributed by atoms with Crippen LogP contribution in [-0.2, 0) is 5.41 Å². The van der Waals surface area contributed by atoms with E-state index in [1.807, 2.05) is 0 Å². The van der Waals surface area contributed by atoms with Gasteiger partial charge in [-0.05, 0) is 125 Å². The topological polar surface area (TPSA) is 17.8 Å². The summed E-state index contributed by atoms with van der Waals surface area (Å²) in [5, 5.41) is 7.67. The molecule has 2 heteroatoms. The minimum Gasteiger partial charge on any atom is -0.292 e. The number of benzene rings is 8. The summed E-state index contributed by atoms with van der Waals surface area (Å²) in [7, 11) is 0. The Labute approximate surface area is 338 Å². The van der Waals surface area contributed by atoms with Crippen LogP contribution in [0, 0.1) is 11.8 Å². The van der Waals surface area contributed by atoms with Gasteiger partial charge in [-0.2, -0.15) is 0 Å². The Balaban J connectivity index is 1.13. The van der Waals surface area contributed by atoms with Gasteiger partial charge in [0.15, 0.2) is 0 Å². The molecule has 1 aromatic heterocycles. The van der Waals surface area contributed by atoms with E-state index >= 15 is 0 Å². The van der Waals surface area contributed by atoms with Gasteiger partial charge in [0.05, 0.1) is 11.0 Å². The van der Waals surface area contributed by atoms with Gasteiger partial charge in [0, 0.05) is 28.5 Å². The largest absolute Gasteiger partial charge is 0.292 e. The number of aromatic nitrogens is 2. The van der Waals surface area contributed by atoms with Gasteiger partial charge in [-0.15, -0.1) is 0 Å². The summed E-state index contributed by atoms with van der Waals surface area (Å²) < 4.78 is 2.31. The van der Waals surface area contributed by atoms with Crippen molar-refractivity contribution in [2.45, 2.75) is 19.3 Å². The molecule has 9 aromatic rings. The van der Waals surface area contributed by atoms with E-state index in [1.165, 1.54) is 76.8 Å². The molecule has 1 heterocycles. The second kappa shape index (κ2) is 12.5. The fraction of sp³-hybridized carbons (Fsp3) is 0.0893. The summed E-state index contributed by atoms with van der Waals surface area (Å²) >= 11 is 0. The molecule has 0 amide bonds. The third-order valence-corrected chi connectivity index (χ3v) is 13.1. The molecule has 58 heavy (non-hydrogen) atoms. The molecule has 274 valence electrons. The maximum atomic E-state index is 5.26. The highest BCUT2D eigenvalue weighted by molar-refractivity contribution is 6.21. The van der Waals surface area contributed by atoms with Crippen molar-refractivity contribution in [1.29, 1.82) is 0 Å². The van der Waals surface area contributed by atoms with Gasteiger partial charge in [0.25, 0.3) is 0 Å². The molecule has 3 aliphatic carbocycles. The fourth-order valence-corrected chi connectivity index (χ4v) is 10.2. The molecule has 12 rings (SSSR count). The molecule has 2 unspecified atom stereocenters. The lowest BCUT2D eigenvalue weighted by molar-refractivity contribution is 0.661. The van der Waals surface area contributed by atoms with Crippen molar-refractivity contribution in [2.75, 3.05) is 0 Å². The Bertz CT molecular complexity index is 3310. The highest BCUT2D eigenvalue weighted by Crippen LogP contribution is 2.54. The number of fused-ring (bicyclic) bond motifs is 8. The van der Waals surface area contributed by atoms with Crippen molar-refractivity contribution in [2.24, 2.45) is 11.8 Å². The molecular weight excluding hydrogens is 701 g/mol. The number of nitrogens with zero attached hydrogens (tertiary/aromatic N) is 2. The van der Waals surface area contributed by atoms with Gasteiger partial charge < -0.3 is 0 Å². The Morgan fingerprint density at radius 2 is 1.21 bits per heavy atom. The highest BCUT2D eigenvalue weighted by atomic mass is 15.1. The molecule has 0 bridgehead atoms. The van der Waals surface area contributed by atoms with Crippen LogP contribution < -0.4 is 0 Å². The average Bonchev–Trinajstić information content (AvgIpc) is 3.76. The first-order chi connectivity index (χ1) is 28.5. The Morgan fingerprint density at radius 3 is 2.07 bits per heavy atom. The minimum atomic E-state index is -0.247. The van der Waals surface area contributed by atoms with E-state index in [0.29, 0.717) is 11.8 Å². The molecule has 2 nitrogen and oxygen atoms in total. The zero-order valence-electron chi connectivity index (χ0n) is 32.5. The zero-order chi connectivity index (χ0) is 38.5. The normalized spacial score (nSPS) is 17.5. The van der Waals surface area contributed by atoms with Crippen molar-refractivity contribution in [3.63, 3.8) is 0 Å². The average molecular weight is 741 g/mol. The molecule has 0 saturated carbocycles. The van der Waals surface area contributed by atoms with Crippen LogP contribution in [0.15, 0.2) is 194 Å². The monoisotopic (exact) mass is 740 g/mol. The second-order valence-corrected chi connectivity index (χ2v) is 16.7. The first-order valence-corrected chi connectivity index (χ1v) is 20.5. The molecule has 0 saturated heterocycles. The van der Waals surface area contributed by atoms with E-state index < -0.39 is 0 Å². The van der Waals surface area contributed by atoms with E-state index in [9.17, 15) is 0 Å². The Morgan fingerprint density at radius 1 is 0.517 bits per heavy atom. The first kappa shape index (κ1) is 33.1. The molecule has 0 radical (unpaired) electrons. The summed E-state index contributed by atoms with van der Waals surface area (Å²) in [6, 6.07) is 56.0. The van der Waals surface area contributed by atoms with Crippen LogP contribution >= 0.6 is 0 Å². The highest BCUT2D eigenvalue weighted by Gasteiger charge is 2.37. The standard InChI is InChI=1S/C56H40N2/c1-56(2)49-32-41(55-57-51-22-12-13-23-52(51)58(55)42-18-4-3-5-19-42)28-29-43(49)46-33-47-48(34-50(46)56)54(40-27-25-36-15-7-9-17-38(36)31-40)45-21-11-10-20-44(45)53(47)39-26-24-35-14-6-8-16-37(35)30-39/h3-34,36,38H,1-2H3. The molecule has 0 aliphatic heterocycles. The van der Waals surface area contributed by atoms with Crippen LogP contribution in [0.4, 0.5) is 0 Å². The third kappa shape index (κ3) is 4.88. The van der Waals surface area contributed by atoms with E-state index in [-0.39, 0.29) is 5.41 Å². The van der Waals surface area contributed by atoms with Crippen molar-refractivity contribution >= 4 is 48.9 Å². The van der Waals surface area contributed by atoms with Crippen LogP contribution in [0.1, 0.15) is 30.5 Å². The predicted octanol–water partition coefficient (Wildman–Crippen LogP) is 14.4. The zero-order valence-corrected chi connectivity index (χ0v) is 32.5. The molecule has 0 N–H and O–H groups in total. The number of rotatable bonds is 4. The molecule has 0 fully saturated rings. The first-order valence-electron chi connectivity index (χ1n) is 20.5. The maximum absolute atomic E-state index is 5.26. The van der Waals surface area contributed by atoms with Gasteiger partial charge in [-0.1, -0.05) is 160 Å². The van der Waals surface area contributed by atoms with Gasteiger partial charge in [0.2, 0.25) is 0 Å². The van der Waals surface area contributed by atoms with Crippen LogP contribution in [0.2, 0.25) is 0 Å². The van der Waals surface area contributed by atoms with Crippen molar-refractivity contribution < 1.29 is 0 Å². The number of hydrogen-bond acceptors (Lipinski definition) is 1. The Kier molecular flexibility index (Phi) is 7.13. The summed E-state index contributed by atoms with van der Waals surface area (Å²) in [6.45, 7) is 4.81. The van der Waals surface area contributed by atoms with Gasteiger partial charge >= 0.3 is 0 Å². The quantitative estimate of drug-likeness (QED) is 0.164. The third-order valence-electron chi connectivity index (χ3n) is 13.1. The van der Waals surface area contributed by atoms with Gasteiger partial charge in [0.1, 0.15) is 5.82 Å². The van der Waals surface area contributed by atoms with Crippen molar-refractivity contribution in [1.82, 2.24) is 9.55 Å². The number of para-hydroxylation sites is 3. The number of imidazole rings is 1. The lowest BCUT2D eigenvalue weighted by atomic mass is 9.77. The summed E-state index contributed by atoms with van der Waals surface area (Å²) in [4.78, 5) is 5.26. The molecule has 8 aromatic carbocycles. The summed E-state index contributed by atoms with van der Waals surface area (Å²) in [5.41, 5.74) is 14.5. The van der Waals surface area contributed by atoms with E-state index in [2.05, 4.69) is 213 Å². The number of allylic oxidation sites excluding steroid dienone is 8. The molecule has 2 atom stereocenters. The van der Waals surface area contributed by atoms with Crippen molar-refractivity contribution in [3.05, 3.63) is 211 Å². The van der Waals surface area contributed by atoms with Gasteiger partial charge in [-0.25, -0.2) is 4.98 Å². The van der Waals surface area contributed by atoms with Crippen molar-refractivity contribution in [3.8, 4) is 39.3 Å². The number of hydrogen-bond donors (Lipinski definition) is 0. The smallest absolute Gasteiger partial charge is 0.145 e. The maximum Gasteiger partial charge on any atom is 0.145 e.